The molecule has 1 aromatic rings. The van der Waals surface area contributed by atoms with E-state index in [0.717, 1.165) is 5.56 Å². The average molecular weight is 270 g/mol. The molecule has 3 nitrogen and oxygen atoms in total. The number of hydrogen-bond acceptors (Lipinski definition) is 3. The van der Waals surface area contributed by atoms with Gasteiger partial charge < -0.3 is 0 Å². The topological polar surface area (TPSA) is 51.2 Å². The van der Waals surface area contributed by atoms with Crippen molar-refractivity contribution in [2.45, 2.75) is 19.8 Å². The standard InChI is InChI=1S/C13H15FO3S/c1-9-2-3-12(14)11(6-9)13(15)7-10-4-5-18(16,17)8-10/h2-3,6,10H,4-5,7-8H2,1H3. The van der Waals surface area contributed by atoms with Crippen molar-refractivity contribution in [1.82, 2.24) is 0 Å². The molecule has 0 saturated carbocycles. The van der Waals surface area contributed by atoms with E-state index < -0.39 is 15.7 Å². The summed E-state index contributed by atoms with van der Waals surface area (Å²) in [5.74, 6) is -0.819. The highest BCUT2D eigenvalue weighted by atomic mass is 32.2. The van der Waals surface area contributed by atoms with Crippen LogP contribution in [0.25, 0.3) is 0 Å². The molecule has 0 radical (unpaired) electrons. The van der Waals surface area contributed by atoms with E-state index in [1.807, 2.05) is 0 Å². The molecule has 98 valence electrons. The van der Waals surface area contributed by atoms with Crippen LogP contribution in [0.1, 0.15) is 28.8 Å². The van der Waals surface area contributed by atoms with Crippen LogP contribution in [0, 0.1) is 18.7 Å². The maximum atomic E-state index is 13.5. The van der Waals surface area contributed by atoms with Crippen molar-refractivity contribution in [1.29, 1.82) is 0 Å². The number of benzene rings is 1. The molecule has 1 fully saturated rings. The highest BCUT2D eigenvalue weighted by Gasteiger charge is 2.30. The van der Waals surface area contributed by atoms with Gasteiger partial charge in [-0.3, -0.25) is 4.79 Å². The van der Waals surface area contributed by atoms with E-state index in [9.17, 15) is 17.6 Å². The minimum absolute atomic E-state index is 0.0478. The Morgan fingerprint density at radius 1 is 1.44 bits per heavy atom. The molecule has 1 aromatic carbocycles. The lowest BCUT2D eigenvalue weighted by molar-refractivity contribution is 0.0961. The molecule has 0 amide bonds. The van der Waals surface area contributed by atoms with Crippen LogP contribution in [0.5, 0.6) is 0 Å². The normalized spacial score (nSPS) is 22.0. The Labute approximate surface area is 106 Å². The van der Waals surface area contributed by atoms with Gasteiger partial charge in [-0.1, -0.05) is 11.6 Å². The molecule has 1 aliphatic rings. The Morgan fingerprint density at radius 2 is 2.17 bits per heavy atom. The summed E-state index contributed by atoms with van der Waals surface area (Å²) >= 11 is 0. The number of aryl methyl sites for hydroxylation is 1. The van der Waals surface area contributed by atoms with E-state index >= 15 is 0 Å². The summed E-state index contributed by atoms with van der Waals surface area (Å²) in [4.78, 5) is 11.9. The van der Waals surface area contributed by atoms with Gasteiger partial charge in [-0.15, -0.1) is 0 Å². The Balaban J connectivity index is 2.11. The molecule has 1 aliphatic heterocycles. The van der Waals surface area contributed by atoms with Gasteiger partial charge in [0.05, 0.1) is 17.1 Å². The lowest BCUT2D eigenvalue weighted by Crippen LogP contribution is -2.12. The third kappa shape index (κ3) is 2.96. The van der Waals surface area contributed by atoms with E-state index in [4.69, 9.17) is 0 Å². The fourth-order valence-corrected chi connectivity index (χ4v) is 4.12. The summed E-state index contributed by atoms with van der Waals surface area (Å²) in [5, 5.41) is 0. The van der Waals surface area contributed by atoms with Gasteiger partial charge in [-0.05, 0) is 31.4 Å². The molecule has 1 unspecified atom stereocenters. The van der Waals surface area contributed by atoms with Crippen LogP contribution in [0.2, 0.25) is 0 Å². The second kappa shape index (κ2) is 4.80. The zero-order valence-electron chi connectivity index (χ0n) is 10.1. The summed E-state index contributed by atoms with van der Waals surface area (Å²) in [6, 6.07) is 4.39. The van der Waals surface area contributed by atoms with Gasteiger partial charge in [0, 0.05) is 6.42 Å². The highest BCUT2D eigenvalue weighted by molar-refractivity contribution is 7.91. The van der Waals surface area contributed by atoms with Crippen LogP contribution in [0.4, 0.5) is 4.39 Å². The predicted molar refractivity (Wildman–Crippen MR) is 66.8 cm³/mol. The number of sulfone groups is 1. The maximum Gasteiger partial charge on any atom is 0.166 e. The van der Waals surface area contributed by atoms with E-state index in [0.29, 0.717) is 6.42 Å². The number of hydrogen-bond donors (Lipinski definition) is 0. The summed E-state index contributed by atoms with van der Waals surface area (Å²) in [6.45, 7) is 1.79. The van der Waals surface area contributed by atoms with Crippen molar-refractivity contribution >= 4 is 15.6 Å². The maximum absolute atomic E-state index is 13.5. The van der Waals surface area contributed by atoms with Crippen LogP contribution in [-0.2, 0) is 9.84 Å². The first-order chi connectivity index (χ1) is 8.37. The van der Waals surface area contributed by atoms with Crippen molar-refractivity contribution < 1.29 is 17.6 Å². The fourth-order valence-electron chi connectivity index (χ4n) is 2.26. The van der Waals surface area contributed by atoms with Crippen LogP contribution in [0.3, 0.4) is 0 Å². The molecule has 0 aromatic heterocycles. The van der Waals surface area contributed by atoms with Gasteiger partial charge in [0.1, 0.15) is 5.82 Å². The SMILES string of the molecule is Cc1ccc(F)c(C(=O)CC2CCS(=O)(=O)C2)c1. The Bertz CT molecular complexity index is 578. The molecule has 2 rings (SSSR count). The molecule has 0 aliphatic carbocycles. The molecule has 1 saturated heterocycles. The summed E-state index contributed by atoms with van der Waals surface area (Å²) in [7, 11) is -2.99. The molecule has 1 atom stereocenters. The fraction of sp³-hybridized carbons (Fsp3) is 0.462. The zero-order chi connectivity index (χ0) is 13.3. The van der Waals surface area contributed by atoms with Crippen molar-refractivity contribution in [2.75, 3.05) is 11.5 Å². The van der Waals surface area contributed by atoms with Gasteiger partial charge >= 0.3 is 0 Å². The molecule has 0 N–H and O–H groups in total. The minimum Gasteiger partial charge on any atom is -0.294 e. The largest absolute Gasteiger partial charge is 0.294 e. The first-order valence-electron chi connectivity index (χ1n) is 5.87. The third-order valence-corrected chi connectivity index (χ3v) is 5.06. The number of rotatable bonds is 3. The lowest BCUT2D eigenvalue weighted by atomic mass is 9.97. The van der Waals surface area contributed by atoms with Crippen LogP contribution in [0.15, 0.2) is 18.2 Å². The van der Waals surface area contributed by atoms with E-state index in [1.165, 1.54) is 12.1 Å². The Hall–Kier alpha value is -1.23. The van der Waals surface area contributed by atoms with Crippen LogP contribution < -0.4 is 0 Å². The molecule has 0 bridgehead atoms. The van der Waals surface area contributed by atoms with Gasteiger partial charge in [0.25, 0.3) is 0 Å². The first kappa shape index (κ1) is 13.2. The monoisotopic (exact) mass is 270 g/mol. The number of carbonyl (C=O) groups excluding carboxylic acids is 1. The number of halogens is 1. The summed E-state index contributed by atoms with van der Waals surface area (Å²) < 4.78 is 36.1. The quantitative estimate of drug-likeness (QED) is 0.791. The van der Waals surface area contributed by atoms with Crippen molar-refractivity contribution in [2.24, 2.45) is 5.92 Å². The minimum atomic E-state index is -2.99. The number of ketones is 1. The van der Waals surface area contributed by atoms with E-state index in [-0.39, 0.29) is 35.2 Å². The second-order valence-electron chi connectivity index (χ2n) is 4.88. The highest BCUT2D eigenvalue weighted by Crippen LogP contribution is 2.24. The van der Waals surface area contributed by atoms with Gasteiger partial charge in [-0.25, -0.2) is 12.8 Å². The summed E-state index contributed by atoms with van der Waals surface area (Å²) in [6.07, 6.45) is 0.612. The first-order valence-corrected chi connectivity index (χ1v) is 7.69. The van der Waals surface area contributed by atoms with E-state index in [1.54, 1.807) is 13.0 Å². The van der Waals surface area contributed by atoms with E-state index in [2.05, 4.69) is 0 Å². The lowest BCUT2D eigenvalue weighted by Gasteiger charge is -2.08. The average Bonchev–Trinajstić information content (AvgIpc) is 2.61. The van der Waals surface area contributed by atoms with Gasteiger partial charge in [-0.2, -0.15) is 0 Å². The molecule has 1 heterocycles. The van der Waals surface area contributed by atoms with Crippen molar-refractivity contribution in [3.63, 3.8) is 0 Å². The zero-order valence-corrected chi connectivity index (χ0v) is 11.0. The van der Waals surface area contributed by atoms with Gasteiger partial charge in [0.15, 0.2) is 15.6 Å². The van der Waals surface area contributed by atoms with Gasteiger partial charge in [0.2, 0.25) is 0 Å². The molecule has 18 heavy (non-hydrogen) atoms. The Kier molecular flexibility index (Phi) is 3.52. The van der Waals surface area contributed by atoms with Crippen LogP contribution >= 0.6 is 0 Å². The van der Waals surface area contributed by atoms with Crippen molar-refractivity contribution in [3.05, 3.63) is 35.1 Å². The van der Waals surface area contributed by atoms with Crippen LogP contribution in [-0.4, -0.2) is 25.7 Å². The van der Waals surface area contributed by atoms with Crippen molar-refractivity contribution in [3.8, 4) is 0 Å². The second-order valence-corrected chi connectivity index (χ2v) is 7.11. The molecular weight excluding hydrogens is 255 g/mol. The molecule has 5 heteroatoms. The Morgan fingerprint density at radius 3 is 2.78 bits per heavy atom. The molecule has 0 spiro atoms. The third-order valence-electron chi connectivity index (χ3n) is 3.22. The predicted octanol–water partition coefficient (Wildman–Crippen LogP) is 2.14. The number of carbonyl (C=O) groups is 1. The smallest absolute Gasteiger partial charge is 0.166 e. The summed E-state index contributed by atoms with van der Waals surface area (Å²) in [5.41, 5.74) is 0.887. The number of Topliss-reactive ketones (excluding diaryl/α,β-unsaturated/α-hetero) is 1. The molecular formula is C13H15FO3S.